The summed E-state index contributed by atoms with van der Waals surface area (Å²) < 4.78 is 18.4. The van der Waals surface area contributed by atoms with Gasteiger partial charge in [-0.05, 0) is 11.8 Å². The van der Waals surface area contributed by atoms with E-state index in [1.807, 2.05) is 13.0 Å². The van der Waals surface area contributed by atoms with Gasteiger partial charge < -0.3 is 4.74 Å². The third kappa shape index (κ3) is 2.72. The van der Waals surface area contributed by atoms with Crippen LogP contribution < -0.4 is 4.74 Å². The van der Waals surface area contributed by atoms with Crippen LogP contribution in [0.15, 0.2) is 23.1 Å². The smallest absolute Gasteiger partial charge is 0.184 e. The molecule has 15 heavy (non-hydrogen) atoms. The zero-order valence-electron chi connectivity index (χ0n) is 8.70. The van der Waals surface area contributed by atoms with Crippen LogP contribution in [0.25, 0.3) is 0 Å². The van der Waals surface area contributed by atoms with E-state index in [1.54, 1.807) is 23.9 Å². The van der Waals surface area contributed by atoms with Gasteiger partial charge in [-0.2, -0.15) is 0 Å². The fraction of sp³-hybridized carbons (Fsp3) is 0.364. The Kier molecular flexibility index (Phi) is 4.62. The van der Waals surface area contributed by atoms with Crippen molar-refractivity contribution in [3.63, 3.8) is 0 Å². The molecule has 0 heterocycles. The standard InChI is InChI=1S/C11H13FO2S/c1-3-15-10-6-4-5-8(9(12)7-13)11(10)14-2/h4-7,9H,3H2,1-2H3. The topological polar surface area (TPSA) is 26.3 Å². The van der Waals surface area contributed by atoms with Gasteiger partial charge in [0, 0.05) is 10.5 Å². The molecule has 0 aliphatic carbocycles. The van der Waals surface area contributed by atoms with E-state index in [9.17, 15) is 9.18 Å². The first-order valence-corrected chi connectivity index (χ1v) is 5.62. The summed E-state index contributed by atoms with van der Waals surface area (Å²) in [4.78, 5) is 11.3. The number of halogens is 1. The van der Waals surface area contributed by atoms with Crippen molar-refractivity contribution in [1.29, 1.82) is 0 Å². The number of para-hydroxylation sites is 1. The summed E-state index contributed by atoms with van der Waals surface area (Å²) in [6.45, 7) is 2.00. The Bertz CT molecular complexity index is 341. The molecule has 0 bridgehead atoms. The number of ether oxygens (including phenoxy) is 1. The number of rotatable bonds is 5. The zero-order valence-corrected chi connectivity index (χ0v) is 9.51. The number of carbonyl (C=O) groups is 1. The van der Waals surface area contributed by atoms with Gasteiger partial charge in [0.1, 0.15) is 5.75 Å². The molecule has 0 spiro atoms. The highest BCUT2D eigenvalue weighted by atomic mass is 32.2. The molecule has 1 atom stereocenters. The van der Waals surface area contributed by atoms with Gasteiger partial charge in [0.25, 0.3) is 0 Å². The number of hydrogen-bond acceptors (Lipinski definition) is 3. The molecule has 0 N–H and O–H groups in total. The van der Waals surface area contributed by atoms with Crippen LogP contribution in [0.3, 0.4) is 0 Å². The molecular weight excluding hydrogens is 215 g/mol. The van der Waals surface area contributed by atoms with Crippen LogP contribution in [0, 0.1) is 0 Å². The molecular formula is C11H13FO2S. The number of thioether (sulfide) groups is 1. The van der Waals surface area contributed by atoms with Gasteiger partial charge in [-0.15, -0.1) is 11.8 Å². The first kappa shape index (κ1) is 12.0. The highest BCUT2D eigenvalue weighted by molar-refractivity contribution is 7.99. The van der Waals surface area contributed by atoms with E-state index in [-0.39, 0.29) is 6.29 Å². The molecule has 1 rings (SSSR count). The average molecular weight is 228 g/mol. The second-order valence-corrected chi connectivity index (χ2v) is 4.16. The number of hydrogen-bond donors (Lipinski definition) is 0. The molecule has 1 unspecified atom stereocenters. The molecule has 2 nitrogen and oxygen atoms in total. The Hall–Kier alpha value is -1.03. The minimum absolute atomic E-state index is 0.276. The lowest BCUT2D eigenvalue weighted by atomic mass is 10.1. The van der Waals surface area contributed by atoms with Crippen LogP contribution in [0.4, 0.5) is 4.39 Å². The summed E-state index contributed by atoms with van der Waals surface area (Å²) in [6.07, 6.45) is -1.34. The molecule has 0 aliphatic rings. The van der Waals surface area contributed by atoms with Gasteiger partial charge in [0.15, 0.2) is 12.5 Å². The second kappa shape index (κ2) is 5.75. The van der Waals surface area contributed by atoms with Crippen molar-refractivity contribution in [3.05, 3.63) is 23.8 Å². The van der Waals surface area contributed by atoms with Gasteiger partial charge >= 0.3 is 0 Å². The van der Waals surface area contributed by atoms with Crippen molar-refractivity contribution in [1.82, 2.24) is 0 Å². The quantitative estimate of drug-likeness (QED) is 0.572. The molecule has 0 amide bonds. The summed E-state index contributed by atoms with van der Waals surface area (Å²) in [7, 11) is 1.48. The molecule has 82 valence electrons. The predicted octanol–water partition coefficient (Wildman–Crippen LogP) is 3.02. The molecule has 0 saturated carbocycles. The van der Waals surface area contributed by atoms with Crippen molar-refractivity contribution >= 4 is 18.0 Å². The number of alkyl halides is 1. The Morgan fingerprint density at radius 1 is 1.60 bits per heavy atom. The summed E-state index contributed by atoms with van der Waals surface area (Å²) in [6, 6.07) is 5.15. The number of aldehydes is 1. The highest BCUT2D eigenvalue weighted by Gasteiger charge is 2.16. The van der Waals surface area contributed by atoms with Gasteiger partial charge in [-0.3, -0.25) is 4.79 Å². The average Bonchev–Trinajstić information content (AvgIpc) is 2.28. The normalized spacial score (nSPS) is 12.2. The Morgan fingerprint density at radius 2 is 2.33 bits per heavy atom. The zero-order chi connectivity index (χ0) is 11.3. The lowest BCUT2D eigenvalue weighted by Crippen LogP contribution is -1.98. The maximum absolute atomic E-state index is 13.3. The van der Waals surface area contributed by atoms with E-state index in [0.717, 1.165) is 10.6 Å². The van der Waals surface area contributed by atoms with Crippen LogP contribution >= 0.6 is 11.8 Å². The molecule has 0 fully saturated rings. The monoisotopic (exact) mass is 228 g/mol. The SMILES string of the molecule is CCSc1cccc(C(F)C=O)c1OC. The summed E-state index contributed by atoms with van der Waals surface area (Å²) in [5, 5.41) is 0. The van der Waals surface area contributed by atoms with Gasteiger partial charge in [-0.25, -0.2) is 4.39 Å². The molecule has 4 heteroatoms. The number of methoxy groups -OCH3 is 1. The Morgan fingerprint density at radius 3 is 2.87 bits per heavy atom. The van der Waals surface area contributed by atoms with Crippen molar-refractivity contribution in [2.75, 3.05) is 12.9 Å². The molecule has 1 aromatic rings. The minimum atomic E-state index is -1.61. The highest BCUT2D eigenvalue weighted by Crippen LogP contribution is 2.35. The number of carbonyl (C=O) groups excluding carboxylic acids is 1. The third-order valence-corrected chi connectivity index (χ3v) is 2.85. The van der Waals surface area contributed by atoms with E-state index in [0.29, 0.717) is 11.3 Å². The van der Waals surface area contributed by atoms with E-state index >= 15 is 0 Å². The molecule has 0 radical (unpaired) electrons. The van der Waals surface area contributed by atoms with Gasteiger partial charge in [0.05, 0.1) is 7.11 Å². The summed E-state index contributed by atoms with van der Waals surface area (Å²) in [5.74, 6) is 1.33. The van der Waals surface area contributed by atoms with Crippen molar-refractivity contribution in [2.45, 2.75) is 18.0 Å². The van der Waals surface area contributed by atoms with E-state index < -0.39 is 6.17 Å². The van der Waals surface area contributed by atoms with E-state index in [1.165, 1.54) is 7.11 Å². The van der Waals surface area contributed by atoms with Crippen LogP contribution in [-0.2, 0) is 4.79 Å². The maximum Gasteiger partial charge on any atom is 0.184 e. The summed E-state index contributed by atoms with van der Waals surface area (Å²) >= 11 is 1.56. The largest absolute Gasteiger partial charge is 0.495 e. The first-order valence-electron chi connectivity index (χ1n) is 4.63. The van der Waals surface area contributed by atoms with Crippen LogP contribution in [0.5, 0.6) is 5.75 Å². The minimum Gasteiger partial charge on any atom is -0.495 e. The second-order valence-electron chi connectivity index (χ2n) is 2.85. The predicted molar refractivity (Wildman–Crippen MR) is 59.3 cm³/mol. The molecule has 1 aromatic carbocycles. The van der Waals surface area contributed by atoms with Crippen molar-refractivity contribution in [3.8, 4) is 5.75 Å². The number of benzene rings is 1. The fourth-order valence-electron chi connectivity index (χ4n) is 1.31. The van der Waals surface area contributed by atoms with Crippen LogP contribution in [-0.4, -0.2) is 19.1 Å². The van der Waals surface area contributed by atoms with E-state index in [4.69, 9.17) is 4.74 Å². The van der Waals surface area contributed by atoms with Gasteiger partial charge in [0.2, 0.25) is 0 Å². The van der Waals surface area contributed by atoms with Crippen molar-refractivity contribution < 1.29 is 13.9 Å². The Balaban J connectivity index is 3.15. The lowest BCUT2D eigenvalue weighted by Gasteiger charge is -2.12. The lowest BCUT2D eigenvalue weighted by molar-refractivity contribution is -0.112. The molecule has 0 aromatic heterocycles. The van der Waals surface area contributed by atoms with Crippen LogP contribution in [0.2, 0.25) is 0 Å². The van der Waals surface area contributed by atoms with Gasteiger partial charge in [-0.1, -0.05) is 19.1 Å². The first-order chi connectivity index (χ1) is 7.24. The van der Waals surface area contributed by atoms with Crippen molar-refractivity contribution in [2.24, 2.45) is 0 Å². The Labute approximate surface area is 92.8 Å². The molecule has 0 aliphatic heterocycles. The maximum atomic E-state index is 13.3. The summed E-state index contributed by atoms with van der Waals surface area (Å²) in [5.41, 5.74) is 0.297. The fourth-order valence-corrected chi connectivity index (χ4v) is 2.13. The van der Waals surface area contributed by atoms with E-state index in [2.05, 4.69) is 0 Å². The molecule has 0 saturated heterocycles. The third-order valence-electron chi connectivity index (χ3n) is 1.93. The van der Waals surface area contributed by atoms with Crippen LogP contribution in [0.1, 0.15) is 18.7 Å².